The van der Waals surface area contributed by atoms with Crippen molar-refractivity contribution in [1.82, 2.24) is 9.29 Å². The molecule has 1 aromatic carbocycles. The van der Waals surface area contributed by atoms with Crippen molar-refractivity contribution in [3.8, 4) is 11.3 Å². The van der Waals surface area contributed by atoms with Crippen molar-refractivity contribution in [2.75, 3.05) is 18.1 Å². The van der Waals surface area contributed by atoms with Crippen molar-refractivity contribution in [3.63, 3.8) is 0 Å². The SMILES string of the molecule is CS(=O)(=O)N1CCCCC1C(=O)Nc1nc(-c2cc(F)ccc2F)cs1. The van der Waals surface area contributed by atoms with Crippen molar-refractivity contribution in [2.24, 2.45) is 0 Å². The molecule has 1 N–H and O–H groups in total. The van der Waals surface area contributed by atoms with Gasteiger partial charge >= 0.3 is 0 Å². The Morgan fingerprint density at radius 1 is 1.35 bits per heavy atom. The predicted molar refractivity (Wildman–Crippen MR) is 95.3 cm³/mol. The van der Waals surface area contributed by atoms with Gasteiger partial charge in [0.2, 0.25) is 15.9 Å². The highest BCUT2D eigenvalue weighted by Crippen LogP contribution is 2.28. The summed E-state index contributed by atoms with van der Waals surface area (Å²) >= 11 is 1.06. The van der Waals surface area contributed by atoms with Gasteiger partial charge in [-0.2, -0.15) is 4.31 Å². The first-order valence-electron chi connectivity index (χ1n) is 7.94. The predicted octanol–water partition coefficient (Wildman–Crippen LogP) is 2.84. The van der Waals surface area contributed by atoms with E-state index in [1.54, 1.807) is 0 Å². The molecular formula is C16H17F2N3O3S2. The number of thiazole rings is 1. The molecule has 1 saturated heterocycles. The van der Waals surface area contributed by atoms with Crippen molar-refractivity contribution in [2.45, 2.75) is 25.3 Å². The minimum atomic E-state index is -3.50. The van der Waals surface area contributed by atoms with Crippen LogP contribution in [0.15, 0.2) is 23.6 Å². The maximum atomic E-state index is 13.8. The summed E-state index contributed by atoms with van der Waals surface area (Å²) in [6, 6.07) is 2.25. The van der Waals surface area contributed by atoms with Crippen LogP contribution in [0.2, 0.25) is 0 Å². The van der Waals surface area contributed by atoms with Gasteiger partial charge in [-0.25, -0.2) is 22.2 Å². The summed E-state index contributed by atoms with van der Waals surface area (Å²) < 4.78 is 52.1. The third-order valence-electron chi connectivity index (χ3n) is 4.12. The number of sulfonamides is 1. The Morgan fingerprint density at radius 2 is 2.12 bits per heavy atom. The molecule has 1 aliphatic heterocycles. The summed E-state index contributed by atoms with van der Waals surface area (Å²) in [5.41, 5.74) is 0.197. The van der Waals surface area contributed by atoms with Crippen LogP contribution in [0.1, 0.15) is 19.3 Å². The van der Waals surface area contributed by atoms with E-state index >= 15 is 0 Å². The van der Waals surface area contributed by atoms with Gasteiger partial charge in [-0.15, -0.1) is 11.3 Å². The summed E-state index contributed by atoms with van der Waals surface area (Å²) in [7, 11) is -3.50. The minimum absolute atomic E-state index is 0.00261. The Morgan fingerprint density at radius 3 is 2.85 bits per heavy atom. The number of carbonyl (C=O) groups is 1. The lowest BCUT2D eigenvalue weighted by atomic mass is 10.0. The summed E-state index contributed by atoms with van der Waals surface area (Å²) in [6.07, 6.45) is 2.96. The molecule has 1 fully saturated rings. The Balaban J connectivity index is 1.78. The van der Waals surface area contributed by atoms with E-state index in [1.807, 2.05) is 0 Å². The molecule has 0 bridgehead atoms. The largest absolute Gasteiger partial charge is 0.301 e. The van der Waals surface area contributed by atoms with E-state index in [4.69, 9.17) is 0 Å². The van der Waals surface area contributed by atoms with Gasteiger partial charge in [-0.3, -0.25) is 4.79 Å². The molecule has 1 aliphatic rings. The quantitative estimate of drug-likeness (QED) is 0.854. The fourth-order valence-corrected chi connectivity index (χ4v) is 4.74. The fraction of sp³-hybridized carbons (Fsp3) is 0.375. The Bertz CT molecular complexity index is 931. The molecule has 3 rings (SSSR count). The fourth-order valence-electron chi connectivity index (χ4n) is 2.90. The van der Waals surface area contributed by atoms with Crippen LogP contribution in [0.3, 0.4) is 0 Å². The number of hydrogen-bond acceptors (Lipinski definition) is 5. The first kappa shape index (κ1) is 18.9. The van der Waals surface area contributed by atoms with Gasteiger partial charge in [0, 0.05) is 17.5 Å². The standard InChI is InChI=1S/C16H17F2N3O3S2/c1-26(23,24)21-7-3-2-4-14(21)15(22)20-16-19-13(9-25-16)11-8-10(17)5-6-12(11)18/h5-6,8-9,14H,2-4,7H2,1H3,(H,19,20,22). The second-order valence-electron chi connectivity index (χ2n) is 6.04. The molecule has 1 unspecified atom stereocenters. The highest BCUT2D eigenvalue weighted by Gasteiger charge is 2.34. The van der Waals surface area contributed by atoms with E-state index in [-0.39, 0.29) is 16.4 Å². The van der Waals surface area contributed by atoms with Crippen LogP contribution in [0.4, 0.5) is 13.9 Å². The molecule has 1 atom stereocenters. The topological polar surface area (TPSA) is 79.4 Å². The van der Waals surface area contributed by atoms with Gasteiger partial charge in [0.05, 0.1) is 11.9 Å². The number of rotatable bonds is 4. The van der Waals surface area contributed by atoms with Gasteiger partial charge in [-0.05, 0) is 31.0 Å². The summed E-state index contributed by atoms with van der Waals surface area (Å²) in [5, 5.41) is 4.29. The lowest BCUT2D eigenvalue weighted by Gasteiger charge is -2.32. The molecule has 1 aromatic heterocycles. The van der Waals surface area contributed by atoms with E-state index in [2.05, 4.69) is 10.3 Å². The Hall–Kier alpha value is -1.91. The van der Waals surface area contributed by atoms with E-state index < -0.39 is 33.6 Å². The van der Waals surface area contributed by atoms with Crippen LogP contribution in [-0.2, 0) is 14.8 Å². The van der Waals surface area contributed by atoms with Crippen molar-refractivity contribution < 1.29 is 22.0 Å². The first-order chi connectivity index (χ1) is 12.3. The Kier molecular flexibility index (Phi) is 5.35. The van der Waals surface area contributed by atoms with Crippen LogP contribution in [0, 0.1) is 11.6 Å². The monoisotopic (exact) mass is 401 g/mol. The number of halogens is 2. The van der Waals surface area contributed by atoms with Crippen LogP contribution in [0.25, 0.3) is 11.3 Å². The van der Waals surface area contributed by atoms with E-state index in [9.17, 15) is 22.0 Å². The van der Waals surface area contributed by atoms with Crippen molar-refractivity contribution >= 4 is 32.4 Å². The van der Waals surface area contributed by atoms with Gasteiger partial charge in [0.25, 0.3) is 0 Å². The number of nitrogens with zero attached hydrogens (tertiary/aromatic N) is 2. The van der Waals surface area contributed by atoms with Crippen molar-refractivity contribution in [1.29, 1.82) is 0 Å². The summed E-state index contributed by atoms with van der Waals surface area (Å²) in [4.78, 5) is 16.6. The average Bonchev–Trinajstić information content (AvgIpc) is 3.04. The third-order valence-corrected chi connectivity index (χ3v) is 6.17. The number of hydrogen-bond donors (Lipinski definition) is 1. The maximum absolute atomic E-state index is 13.8. The number of aromatic nitrogens is 1. The molecule has 10 heteroatoms. The Labute approximate surface area is 153 Å². The van der Waals surface area contributed by atoms with Gasteiger partial charge in [-0.1, -0.05) is 6.42 Å². The second kappa shape index (κ2) is 7.37. The van der Waals surface area contributed by atoms with E-state index in [0.29, 0.717) is 19.4 Å². The minimum Gasteiger partial charge on any atom is -0.301 e. The highest BCUT2D eigenvalue weighted by molar-refractivity contribution is 7.88. The zero-order valence-electron chi connectivity index (χ0n) is 13.9. The van der Waals surface area contributed by atoms with Crippen LogP contribution in [-0.4, -0.2) is 42.5 Å². The normalized spacial score (nSPS) is 18.7. The molecule has 140 valence electrons. The molecule has 2 aromatic rings. The van der Waals surface area contributed by atoms with Gasteiger partial charge in [0.15, 0.2) is 5.13 Å². The molecule has 26 heavy (non-hydrogen) atoms. The zero-order valence-corrected chi connectivity index (χ0v) is 15.5. The molecule has 1 amide bonds. The molecule has 0 radical (unpaired) electrons. The number of anilines is 1. The number of benzene rings is 1. The lowest BCUT2D eigenvalue weighted by molar-refractivity contribution is -0.120. The number of piperidine rings is 1. The molecule has 6 nitrogen and oxygen atoms in total. The van der Waals surface area contributed by atoms with Gasteiger partial charge < -0.3 is 5.32 Å². The molecule has 0 spiro atoms. The highest BCUT2D eigenvalue weighted by atomic mass is 32.2. The third kappa shape index (κ3) is 4.08. The van der Waals surface area contributed by atoms with E-state index in [1.165, 1.54) is 9.69 Å². The molecule has 2 heterocycles. The molecule has 0 saturated carbocycles. The maximum Gasteiger partial charge on any atom is 0.244 e. The number of carbonyl (C=O) groups excluding carboxylic acids is 1. The number of nitrogens with one attached hydrogen (secondary N) is 1. The zero-order chi connectivity index (χ0) is 18.9. The number of amides is 1. The molecule has 0 aliphatic carbocycles. The van der Waals surface area contributed by atoms with Crippen LogP contribution in [0.5, 0.6) is 0 Å². The van der Waals surface area contributed by atoms with Crippen molar-refractivity contribution in [3.05, 3.63) is 35.2 Å². The first-order valence-corrected chi connectivity index (χ1v) is 10.7. The smallest absolute Gasteiger partial charge is 0.244 e. The van der Waals surface area contributed by atoms with Crippen LogP contribution < -0.4 is 5.32 Å². The molecular weight excluding hydrogens is 384 g/mol. The van der Waals surface area contributed by atoms with Crippen LogP contribution >= 0.6 is 11.3 Å². The van der Waals surface area contributed by atoms with Gasteiger partial charge in [0.1, 0.15) is 17.7 Å². The summed E-state index contributed by atoms with van der Waals surface area (Å²) in [5.74, 6) is -1.69. The lowest BCUT2D eigenvalue weighted by Crippen LogP contribution is -2.49. The summed E-state index contributed by atoms with van der Waals surface area (Å²) in [6.45, 7) is 0.300. The average molecular weight is 401 g/mol. The van der Waals surface area contributed by atoms with E-state index in [0.717, 1.165) is 42.2 Å². The second-order valence-corrected chi connectivity index (χ2v) is 8.83.